The van der Waals surface area contributed by atoms with E-state index in [1.807, 2.05) is 6.92 Å². The molecule has 0 spiro atoms. The van der Waals surface area contributed by atoms with Crippen molar-refractivity contribution in [3.05, 3.63) is 11.4 Å². The number of aromatic nitrogens is 2. The Morgan fingerprint density at radius 2 is 2.00 bits per heavy atom. The summed E-state index contributed by atoms with van der Waals surface area (Å²) in [6.45, 7) is 14.0. The van der Waals surface area contributed by atoms with Crippen LogP contribution < -0.4 is 11.1 Å². The molecule has 0 amide bonds. The Morgan fingerprint density at radius 3 is 2.57 bits per heavy atom. The Hall–Kier alpha value is -1.36. The van der Waals surface area contributed by atoms with E-state index in [9.17, 15) is 0 Å². The molecule has 0 aliphatic carbocycles. The van der Waals surface area contributed by atoms with Crippen molar-refractivity contribution in [1.82, 2.24) is 14.9 Å². The Bertz CT molecular complexity index is 484. The molecule has 5 nitrogen and oxygen atoms in total. The SMILES string of the molecule is Cc1c(N)nc(C(C)C)nc1NCC1CCN(C(C)C)C1. The first kappa shape index (κ1) is 16.0. The lowest BCUT2D eigenvalue weighted by atomic mass is 10.1. The minimum absolute atomic E-state index is 0.288. The summed E-state index contributed by atoms with van der Waals surface area (Å²) in [6, 6.07) is 0.638. The zero-order valence-electron chi connectivity index (χ0n) is 14.0. The van der Waals surface area contributed by atoms with Crippen LogP contribution >= 0.6 is 0 Å². The van der Waals surface area contributed by atoms with E-state index in [-0.39, 0.29) is 5.92 Å². The average molecular weight is 291 g/mol. The number of anilines is 2. The number of nitrogens with zero attached hydrogens (tertiary/aromatic N) is 3. The van der Waals surface area contributed by atoms with Gasteiger partial charge in [0.25, 0.3) is 0 Å². The molecule has 0 radical (unpaired) electrons. The molecule has 118 valence electrons. The number of rotatable bonds is 5. The lowest BCUT2D eigenvalue weighted by Crippen LogP contribution is -2.29. The van der Waals surface area contributed by atoms with Crippen molar-refractivity contribution in [3.63, 3.8) is 0 Å². The number of nitrogen functional groups attached to an aromatic ring is 1. The van der Waals surface area contributed by atoms with E-state index in [1.165, 1.54) is 19.5 Å². The molecular weight excluding hydrogens is 262 g/mol. The van der Waals surface area contributed by atoms with Crippen LogP contribution in [0.5, 0.6) is 0 Å². The van der Waals surface area contributed by atoms with Crippen molar-refractivity contribution in [2.24, 2.45) is 5.92 Å². The van der Waals surface area contributed by atoms with Crippen molar-refractivity contribution < 1.29 is 0 Å². The molecule has 1 aliphatic rings. The molecule has 2 rings (SSSR count). The first-order chi connectivity index (χ1) is 9.88. The number of nitrogens with two attached hydrogens (primary N) is 1. The summed E-state index contributed by atoms with van der Waals surface area (Å²) in [5.74, 6) is 3.28. The quantitative estimate of drug-likeness (QED) is 0.873. The van der Waals surface area contributed by atoms with Crippen LogP contribution in [0.25, 0.3) is 0 Å². The van der Waals surface area contributed by atoms with Crippen molar-refractivity contribution in [2.75, 3.05) is 30.7 Å². The molecular formula is C16H29N5. The van der Waals surface area contributed by atoms with Crippen LogP contribution in [-0.2, 0) is 0 Å². The van der Waals surface area contributed by atoms with Gasteiger partial charge >= 0.3 is 0 Å². The van der Waals surface area contributed by atoms with Crippen molar-refractivity contribution in [3.8, 4) is 0 Å². The van der Waals surface area contributed by atoms with Crippen LogP contribution in [0.15, 0.2) is 0 Å². The van der Waals surface area contributed by atoms with Gasteiger partial charge < -0.3 is 16.0 Å². The molecule has 21 heavy (non-hydrogen) atoms. The molecule has 0 aromatic carbocycles. The molecule has 1 atom stereocenters. The summed E-state index contributed by atoms with van der Waals surface area (Å²) in [5.41, 5.74) is 6.96. The second-order valence-corrected chi connectivity index (χ2v) is 6.72. The van der Waals surface area contributed by atoms with Crippen molar-refractivity contribution in [2.45, 2.75) is 53.0 Å². The van der Waals surface area contributed by atoms with E-state index < -0.39 is 0 Å². The highest BCUT2D eigenvalue weighted by molar-refractivity contribution is 5.55. The highest BCUT2D eigenvalue weighted by Crippen LogP contribution is 2.23. The van der Waals surface area contributed by atoms with Gasteiger partial charge in [-0.1, -0.05) is 13.8 Å². The number of hydrogen-bond donors (Lipinski definition) is 2. The number of nitrogens with one attached hydrogen (secondary N) is 1. The van der Waals surface area contributed by atoms with Gasteiger partial charge in [-0.05, 0) is 39.7 Å². The van der Waals surface area contributed by atoms with Crippen LogP contribution in [-0.4, -0.2) is 40.5 Å². The lowest BCUT2D eigenvalue weighted by Gasteiger charge is -2.20. The summed E-state index contributed by atoms with van der Waals surface area (Å²) >= 11 is 0. The number of hydrogen-bond acceptors (Lipinski definition) is 5. The maximum atomic E-state index is 6.01. The predicted molar refractivity (Wildman–Crippen MR) is 88.6 cm³/mol. The number of likely N-dealkylation sites (tertiary alicyclic amines) is 1. The third kappa shape index (κ3) is 3.84. The van der Waals surface area contributed by atoms with E-state index in [4.69, 9.17) is 5.73 Å². The van der Waals surface area contributed by atoms with Gasteiger partial charge in [0.1, 0.15) is 17.5 Å². The van der Waals surface area contributed by atoms with Crippen LogP contribution in [0, 0.1) is 12.8 Å². The highest BCUT2D eigenvalue weighted by Gasteiger charge is 2.24. The Kier molecular flexibility index (Phi) is 5.04. The predicted octanol–water partition coefficient (Wildman–Crippen LogP) is 2.63. The fraction of sp³-hybridized carbons (Fsp3) is 0.750. The van der Waals surface area contributed by atoms with E-state index in [0.717, 1.165) is 23.8 Å². The minimum Gasteiger partial charge on any atom is -0.383 e. The van der Waals surface area contributed by atoms with Gasteiger partial charge in [0.15, 0.2) is 0 Å². The summed E-state index contributed by atoms with van der Waals surface area (Å²) in [4.78, 5) is 11.5. The third-order valence-corrected chi connectivity index (χ3v) is 4.32. The van der Waals surface area contributed by atoms with Crippen LogP contribution in [0.2, 0.25) is 0 Å². The van der Waals surface area contributed by atoms with E-state index >= 15 is 0 Å². The van der Waals surface area contributed by atoms with Gasteiger partial charge in [-0.25, -0.2) is 9.97 Å². The minimum atomic E-state index is 0.288. The fourth-order valence-corrected chi connectivity index (χ4v) is 2.72. The Balaban J connectivity index is 2.00. The van der Waals surface area contributed by atoms with Gasteiger partial charge in [-0.15, -0.1) is 0 Å². The normalized spacial score (nSPS) is 19.7. The molecule has 3 N–H and O–H groups in total. The molecule has 0 bridgehead atoms. The Labute approximate surface area is 128 Å². The zero-order chi connectivity index (χ0) is 15.6. The highest BCUT2D eigenvalue weighted by atomic mass is 15.2. The summed E-state index contributed by atoms with van der Waals surface area (Å²) in [5, 5.41) is 3.49. The van der Waals surface area contributed by atoms with Crippen molar-refractivity contribution in [1.29, 1.82) is 0 Å². The molecule has 0 saturated carbocycles. The first-order valence-corrected chi connectivity index (χ1v) is 8.00. The largest absolute Gasteiger partial charge is 0.383 e. The second-order valence-electron chi connectivity index (χ2n) is 6.72. The molecule has 1 aliphatic heterocycles. The lowest BCUT2D eigenvalue weighted by molar-refractivity contribution is 0.266. The third-order valence-electron chi connectivity index (χ3n) is 4.32. The smallest absolute Gasteiger partial charge is 0.135 e. The molecule has 1 fully saturated rings. The monoisotopic (exact) mass is 291 g/mol. The maximum Gasteiger partial charge on any atom is 0.135 e. The summed E-state index contributed by atoms with van der Waals surface area (Å²) in [6.07, 6.45) is 1.25. The molecule has 1 saturated heterocycles. The van der Waals surface area contributed by atoms with E-state index in [2.05, 4.69) is 47.9 Å². The van der Waals surface area contributed by atoms with Crippen molar-refractivity contribution >= 4 is 11.6 Å². The summed E-state index contributed by atoms with van der Waals surface area (Å²) in [7, 11) is 0. The van der Waals surface area contributed by atoms with Gasteiger partial charge in [0.05, 0.1) is 0 Å². The zero-order valence-corrected chi connectivity index (χ0v) is 14.0. The van der Waals surface area contributed by atoms with Crippen LogP contribution in [0.1, 0.15) is 51.4 Å². The molecule has 1 aromatic heterocycles. The van der Waals surface area contributed by atoms with E-state index in [0.29, 0.717) is 17.8 Å². The standard InChI is InChI=1S/C16H29N5/c1-10(2)15-19-14(17)12(5)16(20-15)18-8-13-6-7-21(9-13)11(3)4/h10-11,13H,6-9H2,1-5H3,(H3,17,18,19,20). The second kappa shape index (κ2) is 6.60. The molecule has 1 unspecified atom stereocenters. The van der Waals surface area contributed by atoms with Gasteiger partial charge in [-0.2, -0.15) is 0 Å². The van der Waals surface area contributed by atoms with E-state index in [1.54, 1.807) is 0 Å². The maximum absolute atomic E-state index is 6.01. The fourth-order valence-electron chi connectivity index (χ4n) is 2.72. The van der Waals surface area contributed by atoms with Crippen LogP contribution in [0.3, 0.4) is 0 Å². The molecule has 1 aromatic rings. The van der Waals surface area contributed by atoms with Gasteiger partial charge in [0, 0.05) is 30.6 Å². The first-order valence-electron chi connectivity index (χ1n) is 8.00. The van der Waals surface area contributed by atoms with Gasteiger partial charge in [-0.3, -0.25) is 0 Å². The summed E-state index contributed by atoms with van der Waals surface area (Å²) < 4.78 is 0. The topological polar surface area (TPSA) is 67.1 Å². The average Bonchev–Trinajstić information content (AvgIpc) is 2.89. The van der Waals surface area contributed by atoms with Crippen LogP contribution in [0.4, 0.5) is 11.6 Å². The molecule has 5 heteroatoms. The van der Waals surface area contributed by atoms with Gasteiger partial charge in [0.2, 0.25) is 0 Å². The molecule has 2 heterocycles. The Morgan fingerprint density at radius 1 is 1.29 bits per heavy atom.